The maximum Gasteiger partial charge on any atom is 4.00 e. The molecule has 12 saturated carbocycles. The predicted octanol–water partition coefficient (Wildman–Crippen LogP) is 10.4. The van der Waals surface area contributed by atoms with Crippen LogP contribution in [0.25, 0.3) is 0 Å². The summed E-state index contributed by atoms with van der Waals surface area (Å²) in [6.45, 7) is 28.7. The van der Waals surface area contributed by atoms with E-state index in [0.29, 0.717) is 42.7 Å². The van der Waals surface area contributed by atoms with Gasteiger partial charge in [-0.15, -0.1) is 0 Å². The number of hydrogen-bond donors (Lipinski definition) is 0. The van der Waals surface area contributed by atoms with E-state index < -0.39 is 0 Å². The molecule has 0 nitrogen and oxygen atoms in total. The molecule has 0 saturated heterocycles. The van der Waals surface area contributed by atoms with Gasteiger partial charge in [-0.3, -0.25) is 0 Å². The van der Waals surface area contributed by atoms with Gasteiger partial charge in [0, 0.05) is 0 Å². The molecule has 0 heterocycles. The van der Waals surface area contributed by atoms with Gasteiger partial charge in [-0.25, -0.2) is 0 Å². The second-order valence-electron chi connectivity index (χ2n) is 20.0. The molecule has 45 heavy (non-hydrogen) atoms. The van der Waals surface area contributed by atoms with Gasteiger partial charge in [-0.1, -0.05) is 132 Å². The molecule has 0 aromatic heterocycles. The predicted molar refractivity (Wildman–Crippen MR) is 201 cm³/mol. The molecule has 5 heteroatoms. The van der Waals surface area contributed by atoms with Crippen molar-refractivity contribution in [1.82, 2.24) is 0 Å². The van der Waals surface area contributed by atoms with E-state index >= 15 is 0 Å². The van der Waals surface area contributed by atoms with Crippen molar-refractivity contribution in [2.24, 2.45) is 92.7 Å². The molecule has 0 aromatic rings. The van der Waals surface area contributed by atoms with E-state index in [4.69, 9.17) is 50.5 Å². The number of fused-ring (bicyclic) bond motifs is 8. The minimum Gasteiger partial charge on any atom is -0.789 e. The summed E-state index contributed by atoms with van der Waals surface area (Å²) in [5, 5.41) is 2.30. The van der Waals surface area contributed by atoms with Crippen molar-refractivity contribution < 1.29 is 21.1 Å². The van der Waals surface area contributed by atoms with Crippen LogP contribution in [0.1, 0.15) is 134 Å². The molecule has 12 aliphatic rings. The first-order valence-electron chi connectivity index (χ1n) is 18.8. The SMILES string of the molecule is CC1C([S-])CC2CC1C2(C)C.CC1C([S-])CC2CC1C2(C)C.CC1C([S-])CC2CC1C2(C)C.CC1C([S-])CC2CC1C2(C)C.[Pt+4]. The Hall–Kier alpha value is 2.09. The third-order valence-corrected chi connectivity index (χ3v) is 19.6. The molecule has 0 radical (unpaired) electrons. The van der Waals surface area contributed by atoms with Gasteiger partial charge < -0.3 is 50.5 Å². The standard InChI is InChI=1S/4C10H18S.Pt/c4*1-6-8-4-7(5-9(6)11)10(8,2)3;/h4*6-9,11H,4-5H2,1-3H3;/q;;;;+4/p-4. The van der Waals surface area contributed by atoms with Gasteiger partial charge >= 0.3 is 21.1 Å². The average Bonchev–Trinajstić information content (AvgIpc) is 2.94. The molecule has 8 bridgehead atoms. The third-order valence-electron chi connectivity index (χ3n) is 17.1. The summed E-state index contributed by atoms with van der Waals surface area (Å²) in [6.07, 6.45) is 11.1. The van der Waals surface area contributed by atoms with Crippen molar-refractivity contribution in [2.75, 3.05) is 0 Å². The van der Waals surface area contributed by atoms with Crippen molar-refractivity contribution in [3.8, 4) is 0 Å². The van der Waals surface area contributed by atoms with Crippen LogP contribution in [0.3, 0.4) is 0 Å². The molecule has 16 atom stereocenters. The molecule has 262 valence electrons. The van der Waals surface area contributed by atoms with Gasteiger partial charge in [0.15, 0.2) is 0 Å². The Balaban J connectivity index is 0.000000136. The Kier molecular flexibility index (Phi) is 12.3. The Bertz CT molecular complexity index is 862. The van der Waals surface area contributed by atoms with Crippen LogP contribution in [-0.2, 0) is 71.6 Å². The molecule has 12 aliphatic carbocycles. The van der Waals surface area contributed by atoms with Crippen molar-refractivity contribution in [1.29, 1.82) is 0 Å². The molecule has 0 amide bonds. The summed E-state index contributed by atoms with van der Waals surface area (Å²) in [5.74, 6) is 10.7. The van der Waals surface area contributed by atoms with E-state index in [1.165, 1.54) is 51.4 Å². The first-order valence-corrected chi connectivity index (χ1v) is 20.6. The van der Waals surface area contributed by atoms with Gasteiger partial charge in [-0.2, -0.15) is 21.0 Å². The quantitative estimate of drug-likeness (QED) is 0.222. The van der Waals surface area contributed by atoms with Gasteiger partial charge in [0.25, 0.3) is 0 Å². The van der Waals surface area contributed by atoms with E-state index in [0.717, 1.165) is 71.0 Å². The van der Waals surface area contributed by atoms with Crippen LogP contribution in [0.5, 0.6) is 0 Å². The monoisotopic (exact) mass is 871 g/mol. The van der Waals surface area contributed by atoms with Gasteiger partial charge in [0.2, 0.25) is 0 Å². The van der Waals surface area contributed by atoms with E-state index in [1.54, 1.807) is 0 Å². The Labute approximate surface area is 317 Å². The van der Waals surface area contributed by atoms with Crippen LogP contribution in [0.4, 0.5) is 0 Å². The smallest absolute Gasteiger partial charge is 0.789 e. The van der Waals surface area contributed by atoms with Crippen LogP contribution < -0.4 is 0 Å². The van der Waals surface area contributed by atoms with Gasteiger partial charge in [-0.05, 0) is 94.7 Å². The summed E-state index contributed by atoms with van der Waals surface area (Å²) in [4.78, 5) is 0. The zero-order chi connectivity index (χ0) is 32.9. The van der Waals surface area contributed by atoms with E-state index in [1.807, 2.05) is 0 Å². The Morgan fingerprint density at radius 1 is 0.333 bits per heavy atom. The van der Waals surface area contributed by atoms with Crippen molar-refractivity contribution in [2.45, 2.75) is 155 Å². The van der Waals surface area contributed by atoms with E-state index in [2.05, 4.69) is 83.1 Å². The van der Waals surface area contributed by atoms with Gasteiger partial charge in [0.1, 0.15) is 0 Å². The molecule has 16 unspecified atom stereocenters. The van der Waals surface area contributed by atoms with Gasteiger partial charge in [0.05, 0.1) is 0 Å². The summed E-state index contributed by atoms with van der Waals surface area (Å²) in [5.41, 5.74) is 2.48. The average molecular weight is 872 g/mol. The molecular weight excluding hydrogens is 804 g/mol. The first kappa shape index (κ1) is 39.9. The molecule has 0 spiro atoms. The molecule has 0 aromatic carbocycles. The fourth-order valence-electron chi connectivity index (χ4n) is 12.4. The van der Waals surface area contributed by atoms with Crippen LogP contribution in [0.2, 0.25) is 0 Å². The maximum absolute atomic E-state index is 5.42. The van der Waals surface area contributed by atoms with Crippen LogP contribution in [-0.4, -0.2) is 21.0 Å². The number of hydrogen-bond acceptors (Lipinski definition) is 4. The molecule has 12 rings (SSSR count). The van der Waals surface area contributed by atoms with Crippen LogP contribution in [0.15, 0.2) is 0 Å². The number of rotatable bonds is 0. The molecular formula is C40H68PtS4. The van der Waals surface area contributed by atoms with Crippen molar-refractivity contribution >= 4 is 50.5 Å². The minimum atomic E-state index is 0. The van der Waals surface area contributed by atoms with E-state index in [9.17, 15) is 0 Å². The third kappa shape index (κ3) is 6.88. The van der Waals surface area contributed by atoms with Crippen LogP contribution in [0, 0.1) is 92.7 Å². The Morgan fingerprint density at radius 2 is 0.489 bits per heavy atom. The zero-order valence-electron chi connectivity index (χ0n) is 30.8. The molecule has 12 fully saturated rings. The molecule has 0 aliphatic heterocycles. The van der Waals surface area contributed by atoms with Crippen LogP contribution >= 0.6 is 0 Å². The maximum atomic E-state index is 5.42. The Morgan fingerprint density at radius 3 is 0.578 bits per heavy atom. The molecule has 0 N–H and O–H groups in total. The second-order valence-corrected chi connectivity index (χ2v) is 22.4. The first-order chi connectivity index (χ1) is 20.1. The minimum absolute atomic E-state index is 0. The summed E-state index contributed by atoms with van der Waals surface area (Å²) >= 11 is 21.7. The summed E-state index contributed by atoms with van der Waals surface area (Å²) in [7, 11) is 0. The summed E-state index contributed by atoms with van der Waals surface area (Å²) in [6, 6.07) is 0. The fraction of sp³-hybridized carbons (Fsp3) is 1.00. The fourth-order valence-corrected chi connectivity index (χ4v) is 14.1. The summed E-state index contributed by atoms with van der Waals surface area (Å²) < 4.78 is 0. The zero-order valence-corrected chi connectivity index (χ0v) is 36.4. The second kappa shape index (κ2) is 13.9. The normalized spacial score (nSPS) is 52.3. The topological polar surface area (TPSA) is 0 Å². The van der Waals surface area contributed by atoms with Crippen molar-refractivity contribution in [3.63, 3.8) is 0 Å². The largest absolute Gasteiger partial charge is 4.00 e. The van der Waals surface area contributed by atoms with E-state index in [-0.39, 0.29) is 21.1 Å². The van der Waals surface area contributed by atoms with Crippen molar-refractivity contribution in [3.05, 3.63) is 0 Å².